The van der Waals surface area contributed by atoms with Crippen LogP contribution in [0.2, 0.25) is 10.0 Å². The molecule has 0 unspecified atom stereocenters. The van der Waals surface area contributed by atoms with Crippen LogP contribution in [0.4, 0.5) is 0 Å². The number of ether oxygens (including phenoxy) is 2. The third-order valence-corrected chi connectivity index (χ3v) is 6.93. The summed E-state index contributed by atoms with van der Waals surface area (Å²) >= 11 is 22.3. The number of amides is 2. The number of halogens is 2. The molecule has 2 N–H and O–H groups in total. The standard InChI is InChI=1S/C30H16Cl2N2O6S2/c31-17-9-5-15(6-10-17)27(37)33-29(41)39-22-14-13-21-23(25(36)20-4-2-1-3-19(20)24(21)35)26(22)40-30(42)34-28(38)16-7-11-18(32)12-8-16/h1-14H,(H,33,37,41)(H,34,38,42). The molecule has 5 rings (SSSR count). The summed E-state index contributed by atoms with van der Waals surface area (Å²) in [5, 5.41) is 4.90. The van der Waals surface area contributed by atoms with Crippen LogP contribution in [0.3, 0.4) is 0 Å². The zero-order valence-electron chi connectivity index (χ0n) is 21.1. The van der Waals surface area contributed by atoms with E-state index in [9.17, 15) is 19.2 Å². The summed E-state index contributed by atoms with van der Waals surface area (Å²) in [7, 11) is 0. The van der Waals surface area contributed by atoms with Gasteiger partial charge < -0.3 is 9.47 Å². The van der Waals surface area contributed by atoms with Gasteiger partial charge in [-0.25, -0.2) is 0 Å². The summed E-state index contributed by atoms with van der Waals surface area (Å²) in [6.45, 7) is 0. The molecule has 42 heavy (non-hydrogen) atoms. The van der Waals surface area contributed by atoms with Gasteiger partial charge in [0, 0.05) is 37.9 Å². The maximum absolute atomic E-state index is 13.6. The predicted octanol–water partition coefficient (Wildman–Crippen LogP) is 5.96. The first-order valence-corrected chi connectivity index (χ1v) is 13.6. The highest BCUT2D eigenvalue weighted by Crippen LogP contribution is 2.40. The van der Waals surface area contributed by atoms with Crippen LogP contribution in [0.1, 0.15) is 52.6 Å². The van der Waals surface area contributed by atoms with Crippen molar-refractivity contribution in [1.29, 1.82) is 0 Å². The Bertz CT molecular complexity index is 1810. The minimum atomic E-state index is -0.609. The molecule has 4 aromatic carbocycles. The number of rotatable bonds is 4. The van der Waals surface area contributed by atoms with Crippen molar-refractivity contribution in [3.63, 3.8) is 0 Å². The number of benzene rings is 4. The average Bonchev–Trinajstić information content (AvgIpc) is 2.97. The Balaban J connectivity index is 1.46. The van der Waals surface area contributed by atoms with Crippen LogP contribution in [0.15, 0.2) is 84.9 Å². The topological polar surface area (TPSA) is 111 Å². The van der Waals surface area contributed by atoms with Crippen LogP contribution in [-0.2, 0) is 0 Å². The van der Waals surface area contributed by atoms with Gasteiger partial charge in [-0.05, 0) is 85.1 Å². The molecule has 4 aromatic rings. The molecule has 2 amide bonds. The van der Waals surface area contributed by atoms with Crippen LogP contribution >= 0.6 is 47.6 Å². The molecule has 0 heterocycles. The minimum Gasteiger partial charge on any atom is -0.428 e. The van der Waals surface area contributed by atoms with Gasteiger partial charge in [-0.15, -0.1) is 0 Å². The largest absolute Gasteiger partial charge is 0.428 e. The first kappa shape index (κ1) is 29.0. The molecule has 0 bridgehead atoms. The summed E-state index contributed by atoms with van der Waals surface area (Å²) in [6, 6.07) is 21.1. The fourth-order valence-corrected chi connectivity index (χ4v) is 4.71. The normalized spacial score (nSPS) is 11.6. The fraction of sp³-hybridized carbons (Fsp3) is 0. The van der Waals surface area contributed by atoms with Crippen molar-refractivity contribution in [3.05, 3.63) is 128 Å². The highest BCUT2D eigenvalue weighted by Gasteiger charge is 2.35. The van der Waals surface area contributed by atoms with E-state index in [0.29, 0.717) is 10.0 Å². The van der Waals surface area contributed by atoms with E-state index in [4.69, 9.17) is 57.1 Å². The molecule has 0 aromatic heterocycles. The highest BCUT2D eigenvalue weighted by molar-refractivity contribution is 7.80. The molecule has 1 aliphatic rings. The van der Waals surface area contributed by atoms with Crippen LogP contribution < -0.4 is 20.1 Å². The molecule has 0 spiro atoms. The SMILES string of the molecule is O=C(NC(=S)Oc1ccc2c(c1OC(=S)NC(=O)c1ccc(Cl)cc1)C(=O)c1ccccc1C2=O)c1ccc(Cl)cc1. The highest BCUT2D eigenvalue weighted by atomic mass is 35.5. The van der Waals surface area contributed by atoms with Crippen molar-refractivity contribution >= 4 is 81.4 Å². The van der Waals surface area contributed by atoms with Crippen LogP contribution in [0.5, 0.6) is 11.5 Å². The second kappa shape index (κ2) is 12.2. The number of fused-ring (bicyclic) bond motifs is 2. The molecule has 0 saturated heterocycles. The second-order valence-electron chi connectivity index (χ2n) is 8.72. The fourth-order valence-electron chi connectivity index (χ4n) is 4.09. The maximum atomic E-state index is 13.6. The average molecular weight is 636 g/mol. The summed E-state index contributed by atoms with van der Waals surface area (Å²) in [6.07, 6.45) is 0. The smallest absolute Gasteiger partial charge is 0.269 e. The number of nitrogens with one attached hydrogen (secondary N) is 2. The van der Waals surface area contributed by atoms with Gasteiger partial charge >= 0.3 is 0 Å². The number of thiocarbonyl (C=S) groups is 2. The molecular weight excluding hydrogens is 619 g/mol. The molecule has 0 radical (unpaired) electrons. The van der Waals surface area contributed by atoms with Crippen molar-refractivity contribution in [2.45, 2.75) is 0 Å². The number of carbonyl (C=O) groups excluding carboxylic acids is 4. The third kappa shape index (κ3) is 6.07. The van der Waals surface area contributed by atoms with Gasteiger partial charge in [0.1, 0.15) is 0 Å². The molecular formula is C30H16Cl2N2O6S2. The maximum Gasteiger partial charge on any atom is 0.269 e. The van der Waals surface area contributed by atoms with E-state index in [1.54, 1.807) is 18.2 Å². The summed E-state index contributed by atoms with van der Waals surface area (Å²) in [5.74, 6) is -2.57. The number of hydrogen-bond donors (Lipinski definition) is 2. The summed E-state index contributed by atoms with van der Waals surface area (Å²) in [4.78, 5) is 52.3. The van der Waals surface area contributed by atoms with E-state index < -0.39 is 28.6 Å². The van der Waals surface area contributed by atoms with E-state index in [1.807, 2.05) is 0 Å². The monoisotopic (exact) mass is 634 g/mol. The van der Waals surface area contributed by atoms with Crippen molar-refractivity contribution in [1.82, 2.24) is 10.6 Å². The Morgan fingerprint density at radius 2 is 1.07 bits per heavy atom. The van der Waals surface area contributed by atoms with E-state index in [1.165, 1.54) is 66.7 Å². The molecule has 0 atom stereocenters. The Morgan fingerprint density at radius 3 is 1.60 bits per heavy atom. The predicted molar refractivity (Wildman–Crippen MR) is 164 cm³/mol. The molecule has 8 nitrogen and oxygen atoms in total. The van der Waals surface area contributed by atoms with E-state index in [2.05, 4.69) is 10.6 Å². The van der Waals surface area contributed by atoms with Crippen molar-refractivity contribution < 1.29 is 28.7 Å². The number of carbonyl (C=O) groups is 4. The van der Waals surface area contributed by atoms with E-state index in [-0.39, 0.29) is 50.1 Å². The van der Waals surface area contributed by atoms with Crippen molar-refractivity contribution in [2.75, 3.05) is 0 Å². The molecule has 12 heteroatoms. The van der Waals surface area contributed by atoms with Crippen molar-refractivity contribution in [3.8, 4) is 11.5 Å². The Hall–Kier alpha value is -4.48. The van der Waals surface area contributed by atoms with Gasteiger partial charge in [0.15, 0.2) is 23.1 Å². The summed E-state index contributed by atoms with van der Waals surface area (Å²) in [5.41, 5.74) is 0.750. The van der Waals surface area contributed by atoms with Gasteiger partial charge in [0.2, 0.25) is 0 Å². The van der Waals surface area contributed by atoms with Gasteiger partial charge in [-0.1, -0.05) is 47.5 Å². The number of ketones is 2. The lowest BCUT2D eigenvalue weighted by Gasteiger charge is -2.22. The Labute approximate surface area is 259 Å². The molecule has 208 valence electrons. The zero-order valence-corrected chi connectivity index (χ0v) is 24.2. The lowest BCUT2D eigenvalue weighted by molar-refractivity contribution is 0.0962. The zero-order chi connectivity index (χ0) is 30.0. The number of hydrogen-bond acceptors (Lipinski definition) is 8. The van der Waals surface area contributed by atoms with Gasteiger partial charge in [-0.3, -0.25) is 29.8 Å². The first-order chi connectivity index (χ1) is 20.1. The first-order valence-electron chi connectivity index (χ1n) is 12.0. The Morgan fingerprint density at radius 1 is 0.595 bits per heavy atom. The molecule has 0 saturated carbocycles. The molecule has 1 aliphatic carbocycles. The lowest BCUT2D eigenvalue weighted by atomic mass is 9.83. The van der Waals surface area contributed by atoms with Crippen molar-refractivity contribution in [2.24, 2.45) is 0 Å². The lowest BCUT2D eigenvalue weighted by Crippen LogP contribution is -2.35. The van der Waals surface area contributed by atoms with Crippen LogP contribution in [-0.4, -0.2) is 33.7 Å². The quantitative estimate of drug-likeness (QED) is 0.233. The third-order valence-electron chi connectivity index (χ3n) is 6.05. The van der Waals surface area contributed by atoms with Gasteiger partial charge in [0.05, 0.1) is 5.56 Å². The Kier molecular flexibility index (Phi) is 8.41. The summed E-state index contributed by atoms with van der Waals surface area (Å²) < 4.78 is 11.5. The molecule has 0 fully saturated rings. The second-order valence-corrected chi connectivity index (χ2v) is 10.3. The minimum absolute atomic E-state index is 0.0315. The van der Waals surface area contributed by atoms with E-state index >= 15 is 0 Å². The van der Waals surface area contributed by atoms with E-state index in [0.717, 1.165) is 0 Å². The van der Waals surface area contributed by atoms with Gasteiger partial charge in [0.25, 0.3) is 22.2 Å². The van der Waals surface area contributed by atoms with Crippen LogP contribution in [0, 0.1) is 0 Å². The van der Waals surface area contributed by atoms with Gasteiger partial charge in [-0.2, -0.15) is 0 Å². The molecule has 0 aliphatic heterocycles. The van der Waals surface area contributed by atoms with Crippen LogP contribution in [0.25, 0.3) is 0 Å².